The molecule has 94 valence electrons. The summed E-state index contributed by atoms with van der Waals surface area (Å²) < 4.78 is 0. The smallest absolute Gasteiger partial charge is 0.242 e. The summed E-state index contributed by atoms with van der Waals surface area (Å²) in [5.74, 6) is 1.22. The number of rotatable bonds is 4. The number of carbonyl (C=O) groups is 1. The van der Waals surface area contributed by atoms with Crippen molar-refractivity contribution < 1.29 is 4.79 Å². The first-order valence-corrected chi connectivity index (χ1v) is 7.09. The van der Waals surface area contributed by atoms with E-state index in [9.17, 15) is 4.79 Å². The molecule has 0 bridgehead atoms. The van der Waals surface area contributed by atoms with E-state index in [-0.39, 0.29) is 5.91 Å². The number of amides is 1. The van der Waals surface area contributed by atoms with Crippen LogP contribution in [0, 0.1) is 0 Å². The fourth-order valence-electron chi connectivity index (χ4n) is 2.28. The predicted molar refractivity (Wildman–Crippen MR) is 70.6 cm³/mol. The number of carbonyl (C=O) groups excluding carboxylic acids is 1. The minimum absolute atomic E-state index is 0.0552. The first kappa shape index (κ1) is 13.8. The molecule has 1 amide bonds. The molecule has 2 atom stereocenters. The van der Waals surface area contributed by atoms with Crippen LogP contribution in [0.3, 0.4) is 0 Å². The molecule has 0 saturated heterocycles. The number of nitrogens with zero attached hydrogens (tertiary/aromatic N) is 1. The molecule has 2 unspecified atom stereocenters. The molecule has 1 aliphatic carbocycles. The molecule has 1 saturated carbocycles. The van der Waals surface area contributed by atoms with Crippen LogP contribution in [0.4, 0.5) is 0 Å². The second-order valence-corrected chi connectivity index (χ2v) is 6.76. The van der Waals surface area contributed by atoms with Gasteiger partial charge in [-0.2, -0.15) is 11.8 Å². The maximum Gasteiger partial charge on any atom is 0.242 e. The Labute approximate surface area is 103 Å². The van der Waals surface area contributed by atoms with Crippen molar-refractivity contribution in [2.75, 3.05) is 12.8 Å². The maximum absolute atomic E-state index is 12.0. The van der Waals surface area contributed by atoms with Gasteiger partial charge in [-0.15, -0.1) is 0 Å². The van der Waals surface area contributed by atoms with Gasteiger partial charge in [0.1, 0.15) is 0 Å². The zero-order chi connectivity index (χ0) is 12.3. The third-order valence-corrected chi connectivity index (χ3v) is 4.41. The first-order valence-electron chi connectivity index (χ1n) is 6.04. The molecule has 2 N–H and O–H groups in total. The van der Waals surface area contributed by atoms with Gasteiger partial charge >= 0.3 is 0 Å². The summed E-state index contributed by atoms with van der Waals surface area (Å²) in [6, 6.07) is 0.388. The number of hydrogen-bond acceptors (Lipinski definition) is 3. The van der Waals surface area contributed by atoms with Gasteiger partial charge < -0.3 is 10.6 Å². The van der Waals surface area contributed by atoms with Crippen molar-refractivity contribution in [3.8, 4) is 0 Å². The number of nitrogens with two attached hydrogens (primary N) is 1. The highest BCUT2D eigenvalue weighted by atomic mass is 32.2. The molecule has 4 heteroatoms. The molecule has 0 aromatic carbocycles. The van der Waals surface area contributed by atoms with Gasteiger partial charge in [0.25, 0.3) is 0 Å². The molecule has 0 aliphatic heterocycles. The zero-order valence-electron chi connectivity index (χ0n) is 10.8. The average molecular weight is 244 g/mol. The Hall–Kier alpha value is -0.220. The van der Waals surface area contributed by atoms with E-state index >= 15 is 0 Å². The lowest BCUT2D eigenvalue weighted by Gasteiger charge is -2.30. The van der Waals surface area contributed by atoms with Crippen LogP contribution in [0.25, 0.3) is 0 Å². The van der Waals surface area contributed by atoms with E-state index in [1.807, 2.05) is 23.7 Å². The minimum Gasteiger partial charge on any atom is -0.341 e. The molecule has 16 heavy (non-hydrogen) atoms. The van der Waals surface area contributed by atoms with Gasteiger partial charge in [0.2, 0.25) is 5.91 Å². The maximum atomic E-state index is 12.0. The lowest BCUT2D eigenvalue weighted by Crippen LogP contribution is -2.52. The van der Waals surface area contributed by atoms with Crippen molar-refractivity contribution in [2.45, 2.75) is 56.9 Å². The number of likely N-dealkylation sites (N-methyl/N-ethyl adjacent to an activating group) is 1. The quantitative estimate of drug-likeness (QED) is 0.821. The SMILES string of the molecule is CCSC1CCC(N(C)C(=O)C(C)(C)N)C1. The highest BCUT2D eigenvalue weighted by Gasteiger charge is 2.34. The van der Waals surface area contributed by atoms with E-state index in [2.05, 4.69) is 6.92 Å². The van der Waals surface area contributed by atoms with E-state index in [0.717, 1.165) is 23.8 Å². The van der Waals surface area contributed by atoms with Crippen LogP contribution in [-0.2, 0) is 4.79 Å². The minimum atomic E-state index is -0.745. The molecule has 3 nitrogen and oxygen atoms in total. The van der Waals surface area contributed by atoms with Crippen molar-refractivity contribution in [2.24, 2.45) is 5.73 Å². The van der Waals surface area contributed by atoms with E-state index in [4.69, 9.17) is 5.73 Å². The van der Waals surface area contributed by atoms with Crippen molar-refractivity contribution in [1.82, 2.24) is 4.90 Å². The fourth-order valence-corrected chi connectivity index (χ4v) is 3.41. The summed E-state index contributed by atoms with van der Waals surface area (Å²) >= 11 is 2.01. The third-order valence-electron chi connectivity index (χ3n) is 3.18. The van der Waals surface area contributed by atoms with Crippen LogP contribution in [0.1, 0.15) is 40.0 Å². The summed E-state index contributed by atoms with van der Waals surface area (Å²) in [7, 11) is 1.89. The Morgan fingerprint density at radius 1 is 1.50 bits per heavy atom. The standard InChI is InChI=1S/C12H24N2OS/c1-5-16-10-7-6-9(8-10)14(4)11(15)12(2,3)13/h9-10H,5-8,13H2,1-4H3. The monoisotopic (exact) mass is 244 g/mol. The van der Waals surface area contributed by atoms with Gasteiger partial charge in [-0.3, -0.25) is 4.79 Å². The normalized spacial score (nSPS) is 25.8. The van der Waals surface area contributed by atoms with Crippen molar-refractivity contribution in [1.29, 1.82) is 0 Å². The van der Waals surface area contributed by atoms with Gasteiger partial charge in [0.15, 0.2) is 0 Å². The van der Waals surface area contributed by atoms with Crippen molar-refractivity contribution in [3.63, 3.8) is 0 Å². The Morgan fingerprint density at radius 2 is 2.12 bits per heavy atom. The summed E-state index contributed by atoms with van der Waals surface area (Å²) in [5.41, 5.74) is 5.10. The molecular weight excluding hydrogens is 220 g/mol. The molecular formula is C12H24N2OS. The van der Waals surface area contributed by atoms with Crippen molar-refractivity contribution >= 4 is 17.7 Å². The topological polar surface area (TPSA) is 46.3 Å². The van der Waals surface area contributed by atoms with Crippen LogP contribution in [0.5, 0.6) is 0 Å². The third kappa shape index (κ3) is 3.39. The van der Waals surface area contributed by atoms with Crippen molar-refractivity contribution in [3.05, 3.63) is 0 Å². The second-order valence-electron chi connectivity index (χ2n) is 5.18. The molecule has 1 fully saturated rings. The molecule has 0 heterocycles. The van der Waals surface area contributed by atoms with Gasteiger partial charge in [0, 0.05) is 18.3 Å². The zero-order valence-corrected chi connectivity index (χ0v) is 11.6. The highest BCUT2D eigenvalue weighted by molar-refractivity contribution is 7.99. The Bertz CT molecular complexity index is 250. The van der Waals surface area contributed by atoms with Gasteiger partial charge in [0.05, 0.1) is 5.54 Å². The number of hydrogen-bond donors (Lipinski definition) is 1. The van der Waals surface area contributed by atoms with Gasteiger partial charge in [-0.05, 0) is 38.9 Å². The Kier molecular flexibility index (Phi) is 4.68. The summed E-state index contributed by atoms with van der Waals surface area (Å²) in [6.45, 7) is 5.74. The number of thioether (sulfide) groups is 1. The van der Waals surface area contributed by atoms with Gasteiger partial charge in [-0.25, -0.2) is 0 Å². The van der Waals surface area contributed by atoms with Crippen LogP contribution >= 0.6 is 11.8 Å². The fraction of sp³-hybridized carbons (Fsp3) is 0.917. The predicted octanol–water partition coefficient (Wildman–Crippen LogP) is 1.86. The molecule has 1 aliphatic rings. The van der Waals surface area contributed by atoms with Crippen LogP contribution < -0.4 is 5.73 Å². The summed E-state index contributed by atoms with van der Waals surface area (Å²) in [5, 5.41) is 0.728. The first-order chi connectivity index (χ1) is 7.36. The molecule has 0 aromatic heterocycles. The molecule has 0 aromatic rings. The lowest BCUT2D eigenvalue weighted by atomic mass is 10.0. The molecule has 1 rings (SSSR count). The Morgan fingerprint density at radius 3 is 2.62 bits per heavy atom. The average Bonchev–Trinajstić information content (AvgIpc) is 2.63. The van der Waals surface area contributed by atoms with E-state index in [0.29, 0.717) is 6.04 Å². The molecule has 0 spiro atoms. The summed E-state index contributed by atoms with van der Waals surface area (Å²) in [4.78, 5) is 13.9. The van der Waals surface area contributed by atoms with Crippen LogP contribution in [0.2, 0.25) is 0 Å². The van der Waals surface area contributed by atoms with E-state index in [1.165, 1.54) is 6.42 Å². The second kappa shape index (κ2) is 5.41. The lowest BCUT2D eigenvalue weighted by molar-refractivity contribution is -0.136. The Balaban J connectivity index is 2.51. The van der Waals surface area contributed by atoms with Crippen LogP contribution in [0.15, 0.2) is 0 Å². The highest BCUT2D eigenvalue weighted by Crippen LogP contribution is 2.32. The largest absolute Gasteiger partial charge is 0.341 e. The summed E-state index contributed by atoms with van der Waals surface area (Å²) in [6.07, 6.45) is 3.47. The van der Waals surface area contributed by atoms with E-state index in [1.54, 1.807) is 13.8 Å². The van der Waals surface area contributed by atoms with E-state index < -0.39 is 5.54 Å². The van der Waals surface area contributed by atoms with Gasteiger partial charge in [-0.1, -0.05) is 6.92 Å². The van der Waals surface area contributed by atoms with Crippen LogP contribution in [-0.4, -0.2) is 40.4 Å². The molecule has 0 radical (unpaired) electrons.